The number of halogens is 1. The third-order valence-electron chi connectivity index (χ3n) is 4.04. The maximum Gasteiger partial charge on any atom is 0.257 e. The standard InChI is InChI=1S/C21H15BrN2OS/c22-17-10-11-18-19(13-17)26-21(23-18)24-20(25)16-8-6-15(7-9-16)12-14-4-2-1-3-5-14/h1-11,13H,12H2,(H,23,24,25). The van der Waals surface area contributed by atoms with Crippen molar-refractivity contribution in [3.63, 3.8) is 0 Å². The predicted octanol–water partition coefficient (Wildman–Crippen LogP) is 5.90. The van der Waals surface area contributed by atoms with Crippen molar-refractivity contribution < 1.29 is 4.79 Å². The molecule has 0 fully saturated rings. The second-order valence-electron chi connectivity index (χ2n) is 5.94. The highest BCUT2D eigenvalue weighted by atomic mass is 79.9. The Kier molecular flexibility index (Phi) is 4.82. The second-order valence-corrected chi connectivity index (χ2v) is 7.89. The van der Waals surface area contributed by atoms with Gasteiger partial charge in [0, 0.05) is 10.0 Å². The van der Waals surface area contributed by atoms with Crippen molar-refractivity contribution in [1.29, 1.82) is 0 Å². The van der Waals surface area contributed by atoms with Gasteiger partial charge in [0.1, 0.15) is 0 Å². The summed E-state index contributed by atoms with van der Waals surface area (Å²) in [7, 11) is 0. The minimum atomic E-state index is -0.144. The Morgan fingerprint density at radius 2 is 1.69 bits per heavy atom. The molecule has 1 aromatic heterocycles. The number of fused-ring (bicyclic) bond motifs is 1. The van der Waals surface area contributed by atoms with Gasteiger partial charge in [0.15, 0.2) is 5.13 Å². The summed E-state index contributed by atoms with van der Waals surface area (Å²) in [5.74, 6) is -0.144. The van der Waals surface area contributed by atoms with Crippen LogP contribution in [0.15, 0.2) is 77.3 Å². The van der Waals surface area contributed by atoms with E-state index in [-0.39, 0.29) is 5.91 Å². The van der Waals surface area contributed by atoms with Crippen molar-refractivity contribution in [2.45, 2.75) is 6.42 Å². The monoisotopic (exact) mass is 422 g/mol. The first kappa shape index (κ1) is 16.9. The van der Waals surface area contributed by atoms with Crippen LogP contribution in [0.1, 0.15) is 21.5 Å². The number of nitrogens with zero attached hydrogens (tertiary/aromatic N) is 1. The smallest absolute Gasteiger partial charge is 0.257 e. The van der Waals surface area contributed by atoms with E-state index in [1.54, 1.807) is 0 Å². The molecule has 0 aliphatic heterocycles. The van der Waals surface area contributed by atoms with Gasteiger partial charge < -0.3 is 0 Å². The van der Waals surface area contributed by atoms with Crippen LogP contribution >= 0.6 is 27.3 Å². The first-order chi connectivity index (χ1) is 12.7. The molecule has 0 spiro atoms. The van der Waals surface area contributed by atoms with Crippen molar-refractivity contribution >= 4 is 48.5 Å². The summed E-state index contributed by atoms with van der Waals surface area (Å²) in [4.78, 5) is 16.9. The molecule has 4 aromatic rings. The molecule has 1 heterocycles. The van der Waals surface area contributed by atoms with E-state index in [2.05, 4.69) is 38.4 Å². The maximum atomic E-state index is 12.5. The third kappa shape index (κ3) is 3.84. The van der Waals surface area contributed by atoms with E-state index in [1.165, 1.54) is 22.5 Å². The van der Waals surface area contributed by atoms with Crippen molar-refractivity contribution in [3.05, 3.63) is 94.0 Å². The molecule has 3 nitrogen and oxygen atoms in total. The lowest BCUT2D eigenvalue weighted by atomic mass is 10.0. The fourth-order valence-electron chi connectivity index (χ4n) is 2.73. The van der Waals surface area contributed by atoms with Gasteiger partial charge in [0.25, 0.3) is 5.91 Å². The van der Waals surface area contributed by atoms with Crippen LogP contribution in [0.4, 0.5) is 5.13 Å². The zero-order chi connectivity index (χ0) is 17.9. The Hall–Kier alpha value is -2.50. The fraction of sp³-hybridized carbons (Fsp3) is 0.0476. The van der Waals surface area contributed by atoms with Crippen LogP contribution in [-0.2, 0) is 6.42 Å². The average Bonchev–Trinajstić information content (AvgIpc) is 3.04. The Balaban J connectivity index is 1.47. The molecule has 4 rings (SSSR count). The zero-order valence-corrected chi connectivity index (χ0v) is 16.2. The van der Waals surface area contributed by atoms with Crippen LogP contribution in [0.5, 0.6) is 0 Å². The number of carbonyl (C=O) groups excluding carboxylic acids is 1. The average molecular weight is 423 g/mol. The molecule has 0 atom stereocenters. The minimum Gasteiger partial charge on any atom is -0.298 e. The highest BCUT2D eigenvalue weighted by Gasteiger charge is 2.10. The molecule has 1 N–H and O–H groups in total. The van der Waals surface area contributed by atoms with Crippen LogP contribution in [0.3, 0.4) is 0 Å². The number of aromatic nitrogens is 1. The SMILES string of the molecule is O=C(Nc1nc2ccc(Br)cc2s1)c1ccc(Cc2ccccc2)cc1. The van der Waals surface area contributed by atoms with Crippen LogP contribution in [-0.4, -0.2) is 10.9 Å². The van der Waals surface area contributed by atoms with Crippen LogP contribution in [0, 0.1) is 0 Å². The van der Waals surface area contributed by atoms with Gasteiger partial charge in [-0.15, -0.1) is 0 Å². The molecule has 0 radical (unpaired) electrons. The number of nitrogens with one attached hydrogen (secondary N) is 1. The lowest BCUT2D eigenvalue weighted by molar-refractivity contribution is 0.102. The van der Waals surface area contributed by atoms with Gasteiger partial charge in [0.2, 0.25) is 0 Å². The molecule has 1 amide bonds. The number of hydrogen-bond donors (Lipinski definition) is 1. The summed E-state index contributed by atoms with van der Waals surface area (Å²) >= 11 is 4.92. The molecule has 0 aliphatic carbocycles. The molecule has 0 unspecified atom stereocenters. The summed E-state index contributed by atoms with van der Waals surface area (Å²) in [5.41, 5.74) is 3.94. The normalized spacial score (nSPS) is 10.8. The molecule has 0 bridgehead atoms. The van der Waals surface area contributed by atoms with Crippen LogP contribution in [0.2, 0.25) is 0 Å². The molecular formula is C21H15BrN2OS. The molecule has 128 valence electrons. The quantitative estimate of drug-likeness (QED) is 0.444. The molecule has 0 saturated heterocycles. The Bertz CT molecular complexity index is 1060. The molecule has 26 heavy (non-hydrogen) atoms. The van der Waals surface area contributed by atoms with Gasteiger partial charge in [-0.2, -0.15) is 0 Å². The first-order valence-corrected chi connectivity index (χ1v) is 9.79. The summed E-state index contributed by atoms with van der Waals surface area (Å²) in [6, 6.07) is 23.9. The Morgan fingerprint density at radius 3 is 2.46 bits per heavy atom. The van der Waals surface area contributed by atoms with Gasteiger partial charge in [-0.3, -0.25) is 10.1 Å². The molecule has 0 saturated carbocycles. The highest BCUT2D eigenvalue weighted by molar-refractivity contribution is 9.10. The summed E-state index contributed by atoms with van der Waals surface area (Å²) < 4.78 is 2.04. The number of amides is 1. The number of anilines is 1. The number of benzene rings is 3. The molecule has 3 aromatic carbocycles. The third-order valence-corrected chi connectivity index (χ3v) is 5.46. The first-order valence-electron chi connectivity index (χ1n) is 8.18. The number of hydrogen-bond acceptors (Lipinski definition) is 3. The minimum absolute atomic E-state index is 0.144. The van der Waals surface area contributed by atoms with Crippen LogP contribution in [0.25, 0.3) is 10.2 Å². The second kappa shape index (κ2) is 7.40. The summed E-state index contributed by atoms with van der Waals surface area (Å²) in [6.45, 7) is 0. The van der Waals surface area contributed by atoms with Gasteiger partial charge in [-0.25, -0.2) is 4.98 Å². The lowest BCUT2D eigenvalue weighted by Crippen LogP contribution is -2.11. The lowest BCUT2D eigenvalue weighted by Gasteiger charge is -2.04. The van der Waals surface area contributed by atoms with E-state index in [0.717, 1.165) is 21.1 Å². The predicted molar refractivity (Wildman–Crippen MR) is 111 cm³/mol. The van der Waals surface area contributed by atoms with E-state index in [9.17, 15) is 4.79 Å². The van der Waals surface area contributed by atoms with Gasteiger partial charge in [0.05, 0.1) is 10.2 Å². The molecular weight excluding hydrogens is 408 g/mol. The van der Waals surface area contributed by atoms with Crippen LogP contribution < -0.4 is 5.32 Å². The van der Waals surface area contributed by atoms with Gasteiger partial charge in [-0.1, -0.05) is 69.7 Å². The summed E-state index contributed by atoms with van der Waals surface area (Å²) in [5, 5.41) is 3.50. The topological polar surface area (TPSA) is 42.0 Å². The largest absolute Gasteiger partial charge is 0.298 e. The Labute approximate surface area is 163 Å². The zero-order valence-electron chi connectivity index (χ0n) is 13.8. The van der Waals surface area contributed by atoms with E-state index in [1.807, 2.05) is 60.7 Å². The van der Waals surface area contributed by atoms with Crippen molar-refractivity contribution in [2.24, 2.45) is 0 Å². The summed E-state index contributed by atoms with van der Waals surface area (Å²) in [6.07, 6.45) is 0.857. The van der Waals surface area contributed by atoms with Gasteiger partial charge in [-0.05, 0) is 47.9 Å². The van der Waals surface area contributed by atoms with E-state index < -0.39 is 0 Å². The maximum absolute atomic E-state index is 12.5. The van der Waals surface area contributed by atoms with E-state index in [0.29, 0.717) is 10.7 Å². The van der Waals surface area contributed by atoms with Crippen molar-refractivity contribution in [2.75, 3.05) is 5.32 Å². The van der Waals surface area contributed by atoms with E-state index in [4.69, 9.17) is 0 Å². The van der Waals surface area contributed by atoms with E-state index >= 15 is 0 Å². The number of thiazole rings is 1. The highest BCUT2D eigenvalue weighted by Crippen LogP contribution is 2.28. The number of rotatable bonds is 4. The fourth-order valence-corrected chi connectivity index (χ4v) is 4.14. The van der Waals surface area contributed by atoms with Crippen molar-refractivity contribution in [1.82, 2.24) is 4.98 Å². The Morgan fingerprint density at radius 1 is 0.962 bits per heavy atom. The molecule has 5 heteroatoms. The van der Waals surface area contributed by atoms with Crippen molar-refractivity contribution in [3.8, 4) is 0 Å². The molecule has 0 aliphatic rings. The number of carbonyl (C=O) groups is 1. The van der Waals surface area contributed by atoms with Gasteiger partial charge >= 0.3 is 0 Å².